The monoisotopic (exact) mass is 356 g/mol. The van der Waals surface area contributed by atoms with Gasteiger partial charge in [0.15, 0.2) is 5.78 Å². The van der Waals surface area contributed by atoms with Crippen molar-refractivity contribution in [1.29, 1.82) is 0 Å². The van der Waals surface area contributed by atoms with Crippen LogP contribution in [-0.4, -0.2) is 33.9 Å². The van der Waals surface area contributed by atoms with Gasteiger partial charge in [-0.2, -0.15) is 0 Å². The summed E-state index contributed by atoms with van der Waals surface area (Å²) in [4.78, 5) is 34.6. The van der Waals surface area contributed by atoms with Crippen molar-refractivity contribution in [2.45, 2.75) is 57.0 Å². The van der Waals surface area contributed by atoms with E-state index in [2.05, 4.69) is 0 Å². The number of hydrogen-bond acceptors (Lipinski definition) is 4. The van der Waals surface area contributed by atoms with E-state index in [0.717, 1.165) is 23.1 Å². The second-order valence-corrected chi connectivity index (χ2v) is 7.20. The Morgan fingerprint density at radius 1 is 1.19 bits per heavy atom. The number of aliphatic carboxylic acids is 1. The number of carbonyl (C=O) groups excluding carboxylic acids is 2. The van der Waals surface area contributed by atoms with Crippen molar-refractivity contribution in [2.24, 2.45) is 5.92 Å². The minimum absolute atomic E-state index is 0.0641. The quantitative estimate of drug-likeness (QED) is 0.579. The average molecular weight is 356 g/mol. The summed E-state index contributed by atoms with van der Waals surface area (Å²) in [6.45, 7) is 0. The Hall–Kier alpha value is -2.27. The van der Waals surface area contributed by atoms with Gasteiger partial charge in [0.05, 0.1) is 6.10 Å². The Morgan fingerprint density at radius 2 is 2.00 bits per heavy atom. The molecule has 2 N–H and O–H groups in total. The lowest BCUT2D eigenvalue weighted by molar-refractivity contribution is -0.137. The molecule has 0 saturated heterocycles. The maximum absolute atomic E-state index is 12.3. The van der Waals surface area contributed by atoms with Gasteiger partial charge in [0.25, 0.3) is 0 Å². The first kappa shape index (κ1) is 18.5. The maximum Gasteiger partial charge on any atom is 0.303 e. The van der Waals surface area contributed by atoms with Gasteiger partial charge in [-0.15, -0.1) is 0 Å². The van der Waals surface area contributed by atoms with Crippen LogP contribution in [0.15, 0.2) is 30.4 Å². The normalized spacial score (nSPS) is 25.2. The third kappa shape index (κ3) is 3.93. The van der Waals surface area contributed by atoms with Crippen LogP contribution in [0, 0.1) is 5.92 Å². The molecule has 0 aromatic heterocycles. The van der Waals surface area contributed by atoms with Crippen LogP contribution < -0.4 is 0 Å². The Balaban J connectivity index is 1.69. The van der Waals surface area contributed by atoms with Crippen LogP contribution in [0.4, 0.5) is 0 Å². The van der Waals surface area contributed by atoms with Gasteiger partial charge in [0.2, 0.25) is 0 Å². The van der Waals surface area contributed by atoms with Crippen molar-refractivity contribution in [1.82, 2.24) is 0 Å². The van der Waals surface area contributed by atoms with Crippen LogP contribution in [0.1, 0.15) is 65.9 Å². The van der Waals surface area contributed by atoms with E-state index in [1.54, 1.807) is 0 Å². The minimum atomic E-state index is -0.803. The van der Waals surface area contributed by atoms with Crippen LogP contribution in [0.25, 0.3) is 0 Å². The van der Waals surface area contributed by atoms with E-state index in [0.29, 0.717) is 25.7 Å². The molecule has 0 heterocycles. The van der Waals surface area contributed by atoms with Gasteiger partial charge in [-0.05, 0) is 36.8 Å². The maximum atomic E-state index is 12.3. The summed E-state index contributed by atoms with van der Waals surface area (Å²) in [5, 5.41) is 19.0. The molecular formula is C21H24O5. The third-order valence-electron chi connectivity index (χ3n) is 5.43. The Labute approximate surface area is 152 Å². The topological polar surface area (TPSA) is 91.7 Å². The number of allylic oxidation sites excluding steroid dienone is 2. The van der Waals surface area contributed by atoms with E-state index in [9.17, 15) is 19.5 Å². The number of aryl methyl sites for hydroxylation is 1. The van der Waals surface area contributed by atoms with Crippen molar-refractivity contribution < 1.29 is 24.6 Å². The molecule has 26 heavy (non-hydrogen) atoms. The standard InChI is InChI=1S/C21H24O5/c22-17-10-8-13-11-14(7-9-15(13)17)21-16(18(23)12-19(21)24)5-3-1-2-4-6-20(25)26/h1,3,7,9,11,16,19,21,24H,2,4-6,8,10,12H2,(H,25,26)/b3-1-/t16-,19+,21+/m0/s1. The Kier molecular flexibility index (Phi) is 5.67. The number of carboxylic acid groups (broad SMARTS) is 1. The zero-order valence-corrected chi connectivity index (χ0v) is 14.7. The van der Waals surface area contributed by atoms with Crippen molar-refractivity contribution in [2.75, 3.05) is 0 Å². The number of rotatable bonds is 7. The van der Waals surface area contributed by atoms with E-state index in [-0.39, 0.29) is 36.2 Å². The molecule has 1 fully saturated rings. The van der Waals surface area contributed by atoms with Crippen molar-refractivity contribution >= 4 is 17.5 Å². The largest absolute Gasteiger partial charge is 0.481 e. The highest BCUT2D eigenvalue weighted by Gasteiger charge is 2.42. The van der Waals surface area contributed by atoms with Gasteiger partial charge >= 0.3 is 5.97 Å². The molecule has 1 saturated carbocycles. The first-order valence-corrected chi connectivity index (χ1v) is 9.21. The molecule has 0 bridgehead atoms. The Morgan fingerprint density at radius 3 is 2.77 bits per heavy atom. The van der Waals surface area contributed by atoms with Gasteiger partial charge in [-0.3, -0.25) is 14.4 Å². The molecule has 1 aromatic rings. The van der Waals surface area contributed by atoms with E-state index < -0.39 is 12.1 Å². The molecule has 2 aliphatic rings. The molecule has 3 atom stereocenters. The molecule has 1 aromatic carbocycles. The van der Waals surface area contributed by atoms with Gasteiger partial charge in [-0.1, -0.05) is 30.4 Å². The van der Waals surface area contributed by atoms with Crippen molar-refractivity contribution in [3.8, 4) is 0 Å². The highest BCUT2D eigenvalue weighted by molar-refractivity contribution is 6.00. The van der Waals surface area contributed by atoms with Crippen LogP contribution in [-0.2, 0) is 16.0 Å². The first-order valence-electron chi connectivity index (χ1n) is 9.21. The highest BCUT2D eigenvalue weighted by Crippen LogP contribution is 2.41. The lowest BCUT2D eigenvalue weighted by atomic mass is 9.84. The molecule has 0 unspecified atom stereocenters. The molecule has 0 radical (unpaired) electrons. The van der Waals surface area contributed by atoms with Crippen LogP contribution >= 0.6 is 0 Å². The number of carbonyl (C=O) groups is 3. The number of Topliss-reactive ketones (excluding diaryl/α,β-unsaturated/α-hetero) is 2. The molecule has 3 rings (SSSR count). The number of unbranched alkanes of at least 4 members (excludes halogenated alkanes) is 1. The number of aliphatic hydroxyl groups is 1. The van der Waals surface area contributed by atoms with Crippen LogP contribution in [0.3, 0.4) is 0 Å². The van der Waals surface area contributed by atoms with Gasteiger partial charge in [-0.25, -0.2) is 0 Å². The summed E-state index contributed by atoms with van der Waals surface area (Å²) in [6.07, 6.45) is 6.51. The fourth-order valence-electron chi connectivity index (χ4n) is 4.10. The smallest absolute Gasteiger partial charge is 0.303 e. The van der Waals surface area contributed by atoms with Crippen LogP contribution in [0.5, 0.6) is 0 Å². The lowest BCUT2D eigenvalue weighted by Gasteiger charge is -2.21. The summed E-state index contributed by atoms with van der Waals surface area (Å²) in [7, 11) is 0. The molecule has 5 heteroatoms. The predicted molar refractivity (Wildman–Crippen MR) is 96.2 cm³/mol. The SMILES string of the molecule is O=C(O)CCC/C=C\C[C@H]1C(=O)C[C@@H](O)[C@@H]1c1ccc2c(c1)CCC2=O. The molecular weight excluding hydrogens is 332 g/mol. The molecule has 0 amide bonds. The summed E-state index contributed by atoms with van der Waals surface area (Å²) in [6, 6.07) is 5.68. The molecule has 138 valence electrons. The highest BCUT2D eigenvalue weighted by atomic mass is 16.4. The second-order valence-electron chi connectivity index (χ2n) is 7.20. The van der Waals surface area contributed by atoms with E-state index in [1.165, 1.54) is 0 Å². The number of hydrogen-bond donors (Lipinski definition) is 2. The number of benzene rings is 1. The molecule has 2 aliphatic carbocycles. The third-order valence-corrected chi connectivity index (χ3v) is 5.43. The summed E-state index contributed by atoms with van der Waals surface area (Å²) in [5.41, 5.74) is 2.71. The number of fused-ring (bicyclic) bond motifs is 1. The van der Waals surface area contributed by atoms with Crippen molar-refractivity contribution in [3.05, 3.63) is 47.0 Å². The van der Waals surface area contributed by atoms with Crippen molar-refractivity contribution in [3.63, 3.8) is 0 Å². The first-order chi connectivity index (χ1) is 12.5. The summed E-state index contributed by atoms with van der Waals surface area (Å²) < 4.78 is 0. The summed E-state index contributed by atoms with van der Waals surface area (Å²) >= 11 is 0. The fourth-order valence-corrected chi connectivity index (χ4v) is 4.10. The molecule has 0 spiro atoms. The predicted octanol–water partition coefficient (Wildman–Crippen LogP) is 3.05. The summed E-state index contributed by atoms with van der Waals surface area (Å²) in [5.74, 6) is -1.09. The minimum Gasteiger partial charge on any atom is -0.481 e. The van der Waals surface area contributed by atoms with Gasteiger partial charge in [0, 0.05) is 36.7 Å². The van der Waals surface area contributed by atoms with Crippen LogP contribution in [0.2, 0.25) is 0 Å². The van der Waals surface area contributed by atoms with E-state index in [4.69, 9.17) is 5.11 Å². The second kappa shape index (κ2) is 7.96. The Bertz CT molecular complexity index is 749. The molecule has 5 nitrogen and oxygen atoms in total. The molecule has 0 aliphatic heterocycles. The number of ketones is 2. The van der Waals surface area contributed by atoms with E-state index >= 15 is 0 Å². The van der Waals surface area contributed by atoms with Gasteiger partial charge < -0.3 is 10.2 Å². The average Bonchev–Trinajstić information content (AvgIpc) is 3.10. The number of carboxylic acids is 1. The fraction of sp³-hybridized carbons (Fsp3) is 0.476. The zero-order valence-electron chi connectivity index (χ0n) is 14.7. The van der Waals surface area contributed by atoms with E-state index in [1.807, 2.05) is 30.4 Å². The number of aliphatic hydroxyl groups excluding tert-OH is 1. The lowest BCUT2D eigenvalue weighted by Crippen LogP contribution is -2.18. The zero-order chi connectivity index (χ0) is 18.7. The van der Waals surface area contributed by atoms with Gasteiger partial charge in [0.1, 0.15) is 5.78 Å².